The monoisotopic (exact) mass is 238 g/mol. The van der Waals surface area contributed by atoms with Crippen molar-refractivity contribution in [1.29, 1.82) is 0 Å². The molecule has 0 atom stereocenters. The van der Waals surface area contributed by atoms with E-state index in [4.69, 9.17) is 0 Å². The third-order valence-corrected chi connectivity index (χ3v) is 3.29. The predicted octanol–water partition coefficient (Wildman–Crippen LogP) is 4.04. The van der Waals surface area contributed by atoms with E-state index in [2.05, 4.69) is 13.8 Å². The molecule has 0 aromatic heterocycles. The van der Waals surface area contributed by atoms with Crippen molar-refractivity contribution in [3.05, 3.63) is 70.8 Å². The molecule has 0 unspecified atom stereocenters. The maximum atomic E-state index is 12.6. The number of hydrogen-bond donors (Lipinski definition) is 0. The highest BCUT2D eigenvalue weighted by molar-refractivity contribution is 6.10. The molecule has 0 heterocycles. The highest BCUT2D eigenvalue weighted by atomic mass is 16.1. The molecule has 0 N–H and O–H groups in total. The van der Waals surface area contributed by atoms with Gasteiger partial charge < -0.3 is 0 Å². The first-order chi connectivity index (χ1) is 8.77. The Bertz CT molecular complexity index is 506. The van der Waals surface area contributed by atoms with Crippen molar-refractivity contribution in [3.63, 3.8) is 0 Å². The van der Waals surface area contributed by atoms with Gasteiger partial charge >= 0.3 is 0 Å². The second-order valence-corrected chi connectivity index (χ2v) is 4.35. The van der Waals surface area contributed by atoms with Crippen LogP contribution in [0.1, 0.15) is 40.9 Å². The van der Waals surface area contributed by atoms with Crippen molar-refractivity contribution in [1.82, 2.24) is 0 Å². The second-order valence-electron chi connectivity index (χ2n) is 4.35. The average Bonchev–Trinajstić information content (AvgIpc) is 2.46. The van der Waals surface area contributed by atoms with Crippen molar-refractivity contribution in [3.8, 4) is 0 Å². The van der Waals surface area contributed by atoms with Crippen molar-refractivity contribution < 1.29 is 4.79 Å². The summed E-state index contributed by atoms with van der Waals surface area (Å²) in [5, 5.41) is 0. The summed E-state index contributed by atoms with van der Waals surface area (Å²) in [6, 6.07) is 15.7. The fourth-order valence-corrected chi connectivity index (χ4v) is 2.25. The molecule has 92 valence electrons. The van der Waals surface area contributed by atoms with Crippen molar-refractivity contribution >= 4 is 5.78 Å². The van der Waals surface area contributed by atoms with Crippen LogP contribution in [0.25, 0.3) is 0 Å². The van der Waals surface area contributed by atoms with E-state index in [1.807, 2.05) is 48.5 Å². The molecule has 0 saturated heterocycles. The van der Waals surface area contributed by atoms with Crippen molar-refractivity contribution in [2.45, 2.75) is 26.7 Å². The van der Waals surface area contributed by atoms with Crippen molar-refractivity contribution in [2.75, 3.05) is 0 Å². The molecule has 2 aromatic carbocycles. The van der Waals surface area contributed by atoms with Crippen LogP contribution in [0.4, 0.5) is 0 Å². The number of aryl methyl sites for hydroxylation is 2. The molecule has 1 heteroatoms. The smallest absolute Gasteiger partial charge is 0.193 e. The van der Waals surface area contributed by atoms with Gasteiger partial charge in [-0.3, -0.25) is 4.79 Å². The molecule has 0 aliphatic heterocycles. The molecule has 0 aliphatic carbocycles. The largest absolute Gasteiger partial charge is 0.289 e. The normalized spacial score (nSPS) is 10.3. The van der Waals surface area contributed by atoms with Crippen LogP contribution in [0.2, 0.25) is 0 Å². The first-order valence-electron chi connectivity index (χ1n) is 6.48. The third-order valence-electron chi connectivity index (χ3n) is 3.29. The molecular weight excluding hydrogens is 220 g/mol. The lowest BCUT2D eigenvalue weighted by atomic mass is 9.93. The first-order valence-corrected chi connectivity index (χ1v) is 6.48. The van der Waals surface area contributed by atoms with E-state index in [9.17, 15) is 4.79 Å². The Morgan fingerprint density at radius 2 is 1.17 bits per heavy atom. The molecular formula is C17H18O. The third kappa shape index (κ3) is 2.35. The summed E-state index contributed by atoms with van der Waals surface area (Å²) in [6.07, 6.45) is 1.77. The van der Waals surface area contributed by atoms with Gasteiger partial charge in [-0.25, -0.2) is 0 Å². The number of carbonyl (C=O) groups excluding carboxylic acids is 1. The van der Waals surface area contributed by atoms with E-state index in [0.717, 1.165) is 35.1 Å². The maximum Gasteiger partial charge on any atom is 0.193 e. The highest BCUT2D eigenvalue weighted by Gasteiger charge is 2.14. The summed E-state index contributed by atoms with van der Waals surface area (Å²) in [5.74, 6) is 0.143. The molecule has 0 aliphatic rings. The van der Waals surface area contributed by atoms with E-state index in [1.54, 1.807) is 0 Å². The minimum atomic E-state index is 0.143. The van der Waals surface area contributed by atoms with Crippen LogP contribution < -0.4 is 0 Å². The molecule has 0 fully saturated rings. The van der Waals surface area contributed by atoms with Gasteiger partial charge in [-0.15, -0.1) is 0 Å². The summed E-state index contributed by atoms with van der Waals surface area (Å²) in [6.45, 7) is 4.16. The van der Waals surface area contributed by atoms with E-state index in [1.165, 1.54) is 0 Å². The molecule has 0 saturated carbocycles. The fourth-order valence-electron chi connectivity index (χ4n) is 2.25. The van der Waals surface area contributed by atoms with Crippen LogP contribution >= 0.6 is 0 Å². The van der Waals surface area contributed by atoms with Crippen LogP contribution in [-0.4, -0.2) is 5.78 Å². The SMILES string of the molecule is CCc1ccccc1C(=O)c1ccccc1CC. The molecule has 2 aromatic rings. The Balaban J connectivity index is 2.48. The van der Waals surface area contributed by atoms with Gasteiger partial charge in [0, 0.05) is 11.1 Å². The Hall–Kier alpha value is -1.89. The van der Waals surface area contributed by atoms with Gasteiger partial charge in [-0.2, -0.15) is 0 Å². The highest BCUT2D eigenvalue weighted by Crippen LogP contribution is 2.18. The number of rotatable bonds is 4. The number of carbonyl (C=O) groups is 1. The number of hydrogen-bond acceptors (Lipinski definition) is 1. The van der Waals surface area contributed by atoms with Crippen LogP contribution in [0.3, 0.4) is 0 Å². The Kier molecular flexibility index (Phi) is 3.93. The van der Waals surface area contributed by atoms with Crippen LogP contribution in [0, 0.1) is 0 Å². The van der Waals surface area contributed by atoms with Gasteiger partial charge in [0.15, 0.2) is 5.78 Å². The van der Waals surface area contributed by atoms with Gasteiger partial charge in [0.1, 0.15) is 0 Å². The summed E-state index contributed by atoms with van der Waals surface area (Å²) in [5.41, 5.74) is 3.91. The quantitative estimate of drug-likeness (QED) is 0.735. The van der Waals surface area contributed by atoms with Gasteiger partial charge in [0.2, 0.25) is 0 Å². The van der Waals surface area contributed by atoms with Crippen molar-refractivity contribution in [2.24, 2.45) is 0 Å². The Morgan fingerprint density at radius 3 is 1.56 bits per heavy atom. The summed E-state index contributed by atoms with van der Waals surface area (Å²) < 4.78 is 0. The zero-order valence-corrected chi connectivity index (χ0v) is 10.9. The van der Waals surface area contributed by atoms with Gasteiger partial charge in [-0.1, -0.05) is 62.4 Å². The predicted molar refractivity (Wildman–Crippen MR) is 75.1 cm³/mol. The second kappa shape index (κ2) is 5.63. The molecule has 0 amide bonds. The lowest BCUT2D eigenvalue weighted by Gasteiger charge is -2.09. The molecule has 18 heavy (non-hydrogen) atoms. The van der Waals surface area contributed by atoms with Crippen LogP contribution in [-0.2, 0) is 12.8 Å². The molecule has 0 spiro atoms. The van der Waals surface area contributed by atoms with Gasteiger partial charge in [-0.05, 0) is 24.0 Å². The average molecular weight is 238 g/mol. The molecule has 2 rings (SSSR count). The Labute approximate surface area is 108 Å². The van der Waals surface area contributed by atoms with Gasteiger partial charge in [0.25, 0.3) is 0 Å². The number of benzene rings is 2. The van der Waals surface area contributed by atoms with E-state index >= 15 is 0 Å². The minimum absolute atomic E-state index is 0.143. The van der Waals surface area contributed by atoms with Crippen LogP contribution in [0.5, 0.6) is 0 Å². The molecule has 1 nitrogen and oxygen atoms in total. The Morgan fingerprint density at radius 1 is 0.778 bits per heavy atom. The lowest BCUT2D eigenvalue weighted by Crippen LogP contribution is -2.07. The molecule has 0 radical (unpaired) electrons. The topological polar surface area (TPSA) is 17.1 Å². The summed E-state index contributed by atoms with van der Waals surface area (Å²) in [4.78, 5) is 12.6. The van der Waals surface area contributed by atoms with E-state index in [0.29, 0.717) is 0 Å². The summed E-state index contributed by atoms with van der Waals surface area (Å²) >= 11 is 0. The van der Waals surface area contributed by atoms with Crippen LogP contribution in [0.15, 0.2) is 48.5 Å². The minimum Gasteiger partial charge on any atom is -0.289 e. The zero-order chi connectivity index (χ0) is 13.0. The summed E-state index contributed by atoms with van der Waals surface area (Å²) in [7, 11) is 0. The standard InChI is InChI=1S/C17H18O/c1-3-13-9-5-7-11-15(13)17(18)16-12-8-6-10-14(16)4-2/h5-12H,3-4H2,1-2H3. The fraction of sp³-hybridized carbons (Fsp3) is 0.235. The number of ketones is 1. The van der Waals surface area contributed by atoms with E-state index < -0.39 is 0 Å². The maximum absolute atomic E-state index is 12.6. The first kappa shape index (κ1) is 12.6. The van der Waals surface area contributed by atoms with E-state index in [-0.39, 0.29) is 5.78 Å². The lowest BCUT2D eigenvalue weighted by molar-refractivity contribution is 0.103. The zero-order valence-electron chi connectivity index (χ0n) is 10.9. The van der Waals surface area contributed by atoms with Gasteiger partial charge in [0.05, 0.1) is 0 Å². The molecule has 0 bridgehead atoms.